The molecule has 4 heteroatoms. The Bertz CT molecular complexity index is 521. The zero-order chi connectivity index (χ0) is 14.1. The van der Waals surface area contributed by atoms with Gasteiger partial charge in [-0.2, -0.15) is 0 Å². The summed E-state index contributed by atoms with van der Waals surface area (Å²) in [7, 11) is 0. The molecule has 0 bridgehead atoms. The Morgan fingerprint density at radius 3 is 2.85 bits per heavy atom. The van der Waals surface area contributed by atoms with E-state index < -0.39 is 0 Å². The number of pyridine rings is 1. The molecule has 0 amide bonds. The summed E-state index contributed by atoms with van der Waals surface area (Å²) in [4.78, 5) is 14.4. The quantitative estimate of drug-likeness (QED) is 0.896. The Morgan fingerprint density at radius 1 is 1.35 bits per heavy atom. The van der Waals surface area contributed by atoms with E-state index in [0.29, 0.717) is 12.1 Å². The molecule has 1 aliphatic heterocycles. The Labute approximate surface area is 120 Å². The number of hydrogen-bond donors (Lipinski definition) is 1. The summed E-state index contributed by atoms with van der Waals surface area (Å²) in [6.07, 6.45) is 6.90. The largest absolute Gasteiger partial charge is 0.380 e. The van der Waals surface area contributed by atoms with E-state index in [0.717, 1.165) is 31.2 Å². The third-order valence-electron chi connectivity index (χ3n) is 4.46. The first-order valence-electron chi connectivity index (χ1n) is 7.90. The molecule has 4 nitrogen and oxygen atoms in total. The van der Waals surface area contributed by atoms with Crippen molar-refractivity contribution in [2.75, 3.05) is 11.9 Å². The van der Waals surface area contributed by atoms with Gasteiger partial charge < -0.3 is 9.88 Å². The van der Waals surface area contributed by atoms with Crippen LogP contribution in [0.4, 0.5) is 5.69 Å². The van der Waals surface area contributed by atoms with Crippen LogP contribution in [0.3, 0.4) is 0 Å². The van der Waals surface area contributed by atoms with Crippen LogP contribution < -0.4 is 10.9 Å². The van der Waals surface area contributed by atoms with Gasteiger partial charge in [0.15, 0.2) is 0 Å². The molecule has 2 fully saturated rings. The maximum Gasteiger partial charge on any atom is 0.250 e. The van der Waals surface area contributed by atoms with Crippen molar-refractivity contribution in [1.29, 1.82) is 0 Å². The standard InChI is InChI=1S/C16H25N3O/c1-3-8-18-10-13(4-7-16(18)20)17-14-9-12(2)19(11-14)15-5-6-15/h4,7,10,12,14-15,17H,3,5-6,8-9,11H2,1-2H3. The van der Waals surface area contributed by atoms with Gasteiger partial charge >= 0.3 is 0 Å². The van der Waals surface area contributed by atoms with Gasteiger partial charge in [0.05, 0.1) is 5.69 Å². The third-order valence-corrected chi connectivity index (χ3v) is 4.46. The second-order valence-electron chi connectivity index (χ2n) is 6.30. The first-order chi connectivity index (χ1) is 9.67. The lowest BCUT2D eigenvalue weighted by atomic mass is 10.2. The molecule has 2 aliphatic rings. The Balaban J connectivity index is 1.66. The van der Waals surface area contributed by atoms with Crippen molar-refractivity contribution in [3.05, 3.63) is 28.7 Å². The van der Waals surface area contributed by atoms with Crippen LogP contribution in [0.5, 0.6) is 0 Å². The number of aryl methyl sites for hydroxylation is 1. The van der Waals surface area contributed by atoms with Crippen LogP contribution in [0.25, 0.3) is 0 Å². The molecule has 1 aromatic heterocycles. The summed E-state index contributed by atoms with van der Waals surface area (Å²) in [5, 5.41) is 3.61. The zero-order valence-electron chi connectivity index (χ0n) is 12.5. The highest BCUT2D eigenvalue weighted by atomic mass is 16.1. The highest BCUT2D eigenvalue weighted by Gasteiger charge is 2.38. The minimum Gasteiger partial charge on any atom is -0.380 e. The molecule has 1 aromatic rings. The smallest absolute Gasteiger partial charge is 0.250 e. The van der Waals surface area contributed by atoms with Crippen molar-refractivity contribution in [1.82, 2.24) is 9.47 Å². The molecule has 0 aromatic carbocycles. The van der Waals surface area contributed by atoms with Gasteiger partial charge in [-0.25, -0.2) is 0 Å². The molecule has 1 saturated heterocycles. The zero-order valence-corrected chi connectivity index (χ0v) is 12.5. The van der Waals surface area contributed by atoms with E-state index in [1.807, 2.05) is 12.3 Å². The van der Waals surface area contributed by atoms with Gasteiger partial charge in [-0.1, -0.05) is 6.92 Å². The molecule has 110 valence electrons. The fourth-order valence-electron chi connectivity index (χ4n) is 3.34. The minimum atomic E-state index is 0.0943. The van der Waals surface area contributed by atoms with E-state index in [1.165, 1.54) is 19.3 Å². The van der Waals surface area contributed by atoms with Crippen molar-refractivity contribution in [2.45, 2.75) is 64.2 Å². The number of nitrogens with zero attached hydrogens (tertiary/aromatic N) is 2. The van der Waals surface area contributed by atoms with Crippen LogP contribution in [0.1, 0.15) is 39.5 Å². The van der Waals surface area contributed by atoms with Gasteiger partial charge in [0.25, 0.3) is 5.56 Å². The van der Waals surface area contributed by atoms with Gasteiger partial charge in [-0.3, -0.25) is 9.69 Å². The van der Waals surface area contributed by atoms with Crippen LogP contribution in [0.15, 0.2) is 23.1 Å². The summed E-state index contributed by atoms with van der Waals surface area (Å²) in [6.45, 7) is 6.36. The molecule has 20 heavy (non-hydrogen) atoms. The molecule has 1 saturated carbocycles. The highest BCUT2D eigenvalue weighted by molar-refractivity contribution is 5.41. The number of hydrogen-bond acceptors (Lipinski definition) is 3. The van der Waals surface area contributed by atoms with Crippen LogP contribution in [0, 0.1) is 0 Å². The average Bonchev–Trinajstić information content (AvgIpc) is 3.19. The van der Waals surface area contributed by atoms with Crippen LogP contribution in [-0.4, -0.2) is 34.1 Å². The second kappa shape index (κ2) is 5.60. The van der Waals surface area contributed by atoms with E-state index in [4.69, 9.17) is 0 Å². The fourth-order valence-corrected chi connectivity index (χ4v) is 3.34. The number of aromatic nitrogens is 1. The molecule has 2 atom stereocenters. The molecule has 1 N–H and O–H groups in total. The summed E-state index contributed by atoms with van der Waals surface area (Å²) in [5.41, 5.74) is 1.17. The summed E-state index contributed by atoms with van der Waals surface area (Å²) in [6, 6.07) is 5.62. The number of nitrogens with one attached hydrogen (secondary N) is 1. The molecule has 0 radical (unpaired) electrons. The van der Waals surface area contributed by atoms with Crippen molar-refractivity contribution in [3.8, 4) is 0 Å². The first kappa shape index (κ1) is 13.7. The van der Waals surface area contributed by atoms with E-state index in [-0.39, 0.29) is 5.56 Å². The molecule has 2 unspecified atom stereocenters. The minimum absolute atomic E-state index is 0.0943. The number of likely N-dealkylation sites (tertiary alicyclic amines) is 1. The Hall–Kier alpha value is -1.29. The Morgan fingerprint density at radius 2 is 2.15 bits per heavy atom. The molecule has 3 rings (SSSR count). The first-order valence-corrected chi connectivity index (χ1v) is 7.90. The maximum atomic E-state index is 11.7. The monoisotopic (exact) mass is 275 g/mol. The number of anilines is 1. The molecular weight excluding hydrogens is 250 g/mol. The van der Waals surface area contributed by atoms with Crippen molar-refractivity contribution in [3.63, 3.8) is 0 Å². The normalized spacial score (nSPS) is 26.9. The van der Waals surface area contributed by atoms with Crippen molar-refractivity contribution >= 4 is 5.69 Å². The van der Waals surface area contributed by atoms with Gasteiger partial charge in [0, 0.05) is 43.5 Å². The predicted octanol–water partition coefficient (Wildman–Crippen LogP) is 2.30. The fraction of sp³-hybridized carbons (Fsp3) is 0.688. The number of rotatable bonds is 5. The maximum absolute atomic E-state index is 11.7. The van der Waals surface area contributed by atoms with Crippen LogP contribution >= 0.6 is 0 Å². The lowest BCUT2D eigenvalue weighted by Gasteiger charge is -2.20. The van der Waals surface area contributed by atoms with E-state index in [2.05, 4.69) is 24.1 Å². The lowest BCUT2D eigenvalue weighted by molar-refractivity contribution is 0.257. The third kappa shape index (κ3) is 2.90. The van der Waals surface area contributed by atoms with E-state index in [9.17, 15) is 4.79 Å². The summed E-state index contributed by atoms with van der Waals surface area (Å²) < 4.78 is 1.80. The van der Waals surface area contributed by atoms with Gasteiger partial charge in [0.1, 0.15) is 0 Å². The van der Waals surface area contributed by atoms with Gasteiger partial charge in [0.2, 0.25) is 0 Å². The second-order valence-corrected chi connectivity index (χ2v) is 6.30. The van der Waals surface area contributed by atoms with E-state index in [1.54, 1.807) is 10.6 Å². The molecule has 0 spiro atoms. The molecular formula is C16H25N3O. The van der Waals surface area contributed by atoms with Crippen molar-refractivity contribution in [2.24, 2.45) is 0 Å². The lowest BCUT2D eigenvalue weighted by Crippen LogP contribution is -2.31. The van der Waals surface area contributed by atoms with Crippen LogP contribution in [-0.2, 0) is 6.54 Å². The average molecular weight is 275 g/mol. The Kier molecular flexibility index (Phi) is 3.83. The SMILES string of the molecule is CCCn1cc(NC2CC(C)N(C3CC3)C2)ccc1=O. The topological polar surface area (TPSA) is 37.3 Å². The summed E-state index contributed by atoms with van der Waals surface area (Å²) in [5.74, 6) is 0. The van der Waals surface area contributed by atoms with Crippen LogP contribution in [0.2, 0.25) is 0 Å². The summed E-state index contributed by atoms with van der Waals surface area (Å²) >= 11 is 0. The van der Waals surface area contributed by atoms with Gasteiger partial charge in [-0.15, -0.1) is 0 Å². The molecule has 2 heterocycles. The van der Waals surface area contributed by atoms with E-state index >= 15 is 0 Å². The molecule has 1 aliphatic carbocycles. The van der Waals surface area contributed by atoms with Crippen molar-refractivity contribution < 1.29 is 0 Å². The predicted molar refractivity (Wildman–Crippen MR) is 82.2 cm³/mol. The highest BCUT2D eigenvalue weighted by Crippen LogP contribution is 2.33. The van der Waals surface area contributed by atoms with Gasteiger partial charge in [-0.05, 0) is 38.7 Å².